The minimum Gasteiger partial charge on any atom is -0.341 e. The van der Waals surface area contributed by atoms with E-state index in [9.17, 15) is 14.0 Å². The van der Waals surface area contributed by atoms with Crippen molar-refractivity contribution < 1.29 is 14.0 Å². The van der Waals surface area contributed by atoms with Crippen LogP contribution in [0, 0.1) is 5.82 Å². The van der Waals surface area contributed by atoms with Crippen LogP contribution in [0.5, 0.6) is 0 Å². The lowest BCUT2D eigenvalue weighted by Gasteiger charge is -2.44. The summed E-state index contributed by atoms with van der Waals surface area (Å²) < 4.78 is 13.4. The number of carbonyl (C=O) groups is 2. The average molecular weight is 357 g/mol. The number of benzene rings is 1. The molecule has 0 bridgehead atoms. The summed E-state index contributed by atoms with van der Waals surface area (Å²) in [6.07, 6.45) is 1.45. The first-order valence-electron chi connectivity index (χ1n) is 7.61. The van der Waals surface area contributed by atoms with E-state index in [2.05, 4.69) is 0 Å². The Hall–Kier alpha value is -1.27. The zero-order valence-corrected chi connectivity index (χ0v) is 14.2. The zero-order chi connectivity index (χ0) is 16.4. The van der Waals surface area contributed by atoms with Gasteiger partial charge < -0.3 is 9.80 Å². The number of nitrogens with zero attached hydrogens (tertiary/aromatic N) is 2. The van der Waals surface area contributed by atoms with Crippen LogP contribution in [-0.2, 0) is 4.79 Å². The Morgan fingerprint density at radius 1 is 1.26 bits per heavy atom. The number of halogens is 2. The number of alkyl halides is 1. The Balaban J connectivity index is 1.76. The maximum atomic E-state index is 13.4. The summed E-state index contributed by atoms with van der Waals surface area (Å²) in [5.41, 5.74) is 0.381. The van der Waals surface area contributed by atoms with E-state index in [0.717, 1.165) is 18.6 Å². The summed E-state index contributed by atoms with van der Waals surface area (Å²) in [4.78, 5) is 27.8. The zero-order valence-electron chi connectivity index (χ0n) is 12.6. The Kier molecular flexibility index (Phi) is 4.82. The van der Waals surface area contributed by atoms with Crippen LogP contribution in [0.1, 0.15) is 23.2 Å². The van der Waals surface area contributed by atoms with E-state index < -0.39 is 5.82 Å². The molecule has 0 unspecified atom stereocenters. The average Bonchev–Trinajstić information content (AvgIpc) is 2.97. The Morgan fingerprint density at radius 2 is 2.00 bits per heavy atom. The van der Waals surface area contributed by atoms with Gasteiger partial charge in [0.25, 0.3) is 5.91 Å². The van der Waals surface area contributed by atoms with Gasteiger partial charge in [0, 0.05) is 31.0 Å². The van der Waals surface area contributed by atoms with Crippen molar-refractivity contribution in [2.45, 2.75) is 17.7 Å². The van der Waals surface area contributed by atoms with Crippen LogP contribution < -0.4 is 0 Å². The largest absolute Gasteiger partial charge is 0.341 e. The third-order valence-electron chi connectivity index (χ3n) is 4.51. The fraction of sp³-hybridized carbons (Fsp3) is 0.500. The van der Waals surface area contributed by atoms with Gasteiger partial charge in [-0.15, -0.1) is 23.4 Å². The standard InChI is InChI=1S/C16H18ClFN2O2S/c17-11-14(21)19-6-4-16(5-7-19)20(8-9-23-16)15(22)12-2-1-3-13(18)10-12/h1-3,10H,4-9,11H2. The van der Waals surface area contributed by atoms with Gasteiger partial charge >= 0.3 is 0 Å². The van der Waals surface area contributed by atoms with E-state index in [4.69, 9.17) is 11.6 Å². The molecule has 0 N–H and O–H groups in total. The Morgan fingerprint density at radius 3 is 2.65 bits per heavy atom. The molecule has 1 aromatic rings. The Bertz CT molecular complexity index is 620. The molecule has 2 fully saturated rings. The topological polar surface area (TPSA) is 40.6 Å². The number of thioether (sulfide) groups is 1. The smallest absolute Gasteiger partial charge is 0.255 e. The molecule has 0 radical (unpaired) electrons. The van der Waals surface area contributed by atoms with Crippen molar-refractivity contribution in [2.24, 2.45) is 0 Å². The predicted octanol–water partition coefficient (Wildman–Crippen LogP) is 2.57. The van der Waals surface area contributed by atoms with E-state index >= 15 is 0 Å². The molecule has 0 saturated carbocycles. The minimum atomic E-state index is -0.403. The summed E-state index contributed by atoms with van der Waals surface area (Å²) in [5, 5.41) is 0. The second-order valence-electron chi connectivity index (χ2n) is 5.78. The van der Waals surface area contributed by atoms with Crippen LogP contribution in [0.2, 0.25) is 0 Å². The highest BCUT2D eigenvalue weighted by Crippen LogP contribution is 2.44. The molecule has 124 valence electrons. The van der Waals surface area contributed by atoms with Gasteiger partial charge in [-0.1, -0.05) is 6.07 Å². The lowest BCUT2D eigenvalue weighted by molar-refractivity contribution is -0.130. The normalized spacial score (nSPS) is 20.1. The molecule has 2 amide bonds. The molecule has 1 spiro atoms. The second-order valence-corrected chi connectivity index (χ2v) is 7.50. The first-order valence-corrected chi connectivity index (χ1v) is 9.13. The summed E-state index contributed by atoms with van der Waals surface area (Å²) >= 11 is 7.38. The van der Waals surface area contributed by atoms with Crippen molar-refractivity contribution >= 4 is 35.2 Å². The van der Waals surface area contributed by atoms with E-state index in [0.29, 0.717) is 25.2 Å². The van der Waals surface area contributed by atoms with Crippen molar-refractivity contribution in [1.82, 2.24) is 9.80 Å². The summed E-state index contributed by atoms with van der Waals surface area (Å²) in [7, 11) is 0. The van der Waals surface area contributed by atoms with Gasteiger partial charge in [0.2, 0.25) is 5.91 Å². The summed E-state index contributed by atoms with van der Waals surface area (Å²) in [5.74, 6) is 0.259. The summed E-state index contributed by atoms with van der Waals surface area (Å²) in [6, 6.07) is 5.82. The highest BCUT2D eigenvalue weighted by molar-refractivity contribution is 8.00. The molecule has 23 heavy (non-hydrogen) atoms. The molecular weight excluding hydrogens is 339 g/mol. The molecule has 2 aliphatic rings. The summed E-state index contributed by atoms with van der Waals surface area (Å²) in [6.45, 7) is 1.86. The van der Waals surface area contributed by atoms with Crippen LogP contribution in [0.4, 0.5) is 4.39 Å². The minimum absolute atomic E-state index is 0.00786. The van der Waals surface area contributed by atoms with Crippen LogP contribution >= 0.6 is 23.4 Å². The van der Waals surface area contributed by atoms with Crippen molar-refractivity contribution in [1.29, 1.82) is 0 Å². The maximum absolute atomic E-state index is 13.4. The Labute approximate surface area is 144 Å². The SMILES string of the molecule is O=C(CCl)N1CCC2(CC1)SCCN2C(=O)c1cccc(F)c1. The lowest BCUT2D eigenvalue weighted by atomic mass is 10.0. The number of amides is 2. The monoisotopic (exact) mass is 356 g/mol. The van der Waals surface area contributed by atoms with Crippen molar-refractivity contribution in [3.05, 3.63) is 35.6 Å². The molecule has 2 saturated heterocycles. The number of carbonyl (C=O) groups excluding carboxylic acids is 2. The van der Waals surface area contributed by atoms with Crippen LogP contribution in [-0.4, -0.2) is 57.8 Å². The highest BCUT2D eigenvalue weighted by atomic mass is 35.5. The van der Waals surface area contributed by atoms with Gasteiger partial charge in [-0.05, 0) is 31.0 Å². The van der Waals surface area contributed by atoms with Crippen LogP contribution in [0.15, 0.2) is 24.3 Å². The van der Waals surface area contributed by atoms with Crippen LogP contribution in [0.25, 0.3) is 0 Å². The van der Waals surface area contributed by atoms with E-state index in [1.54, 1.807) is 28.8 Å². The third kappa shape index (κ3) is 3.19. The number of likely N-dealkylation sites (tertiary alicyclic amines) is 1. The lowest BCUT2D eigenvalue weighted by Crippen LogP contribution is -2.53. The molecule has 3 rings (SSSR count). The van der Waals surface area contributed by atoms with Gasteiger partial charge in [-0.3, -0.25) is 9.59 Å². The molecule has 0 aromatic heterocycles. The molecule has 2 aliphatic heterocycles. The molecule has 7 heteroatoms. The molecule has 2 heterocycles. The number of hydrogen-bond acceptors (Lipinski definition) is 3. The predicted molar refractivity (Wildman–Crippen MR) is 89.2 cm³/mol. The van der Waals surface area contributed by atoms with Gasteiger partial charge in [-0.2, -0.15) is 0 Å². The van der Waals surface area contributed by atoms with E-state index in [-0.39, 0.29) is 22.6 Å². The number of piperidine rings is 1. The number of hydrogen-bond donors (Lipinski definition) is 0. The van der Waals surface area contributed by atoms with Gasteiger partial charge in [-0.25, -0.2) is 4.39 Å². The van der Waals surface area contributed by atoms with Crippen molar-refractivity contribution in [3.63, 3.8) is 0 Å². The first-order chi connectivity index (χ1) is 11.1. The molecule has 0 aliphatic carbocycles. The van der Waals surface area contributed by atoms with Gasteiger partial charge in [0.15, 0.2) is 0 Å². The fourth-order valence-corrected chi connectivity index (χ4v) is 4.90. The molecular formula is C16H18ClFN2O2S. The van der Waals surface area contributed by atoms with E-state index in [1.807, 2.05) is 4.90 Å². The first kappa shape index (κ1) is 16.6. The van der Waals surface area contributed by atoms with Crippen molar-refractivity contribution in [3.8, 4) is 0 Å². The van der Waals surface area contributed by atoms with Crippen LogP contribution in [0.3, 0.4) is 0 Å². The number of rotatable bonds is 2. The van der Waals surface area contributed by atoms with E-state index in [1.165, 1.54) is 12.1 Å². The second kappa shape index (κ2) is 6.69. The maximum Gasteiger partial charge on any atom is 0.255 e. The fourth-order valence-electron chi connectivity index (χ4n) is 3.28. The van der Waals surface area contributed by atoms with Gasteiger partial charge in [0.1, 0.15) is 11.7 Å². The quantitative estimate of drug-likeness (QED) is 0.765. The molecule has 0 atom stereocenters. The highest BCUT2D eigenvalue weighted by Gasteiger charge is 2.46. The molecule has 1 aromatic carbocycles. The van der Waals surface area contributed by atoms with Gasteiger partial charge in [0.05, 0.1) is 4.87 Å². The van der Waals surface area contributed by atoms with Crippen molar-refractivity contribution in [2.75, 3.05) is 31.3 Å². The third-order valence-corrected chi connectivity index (χ3v) is 6.29. The molecule has 4 nitrogen and oxygen atoms in total.